The number of halogens is 1. The topological polar surface area (TPSA) is 75.6 Å². The SMILES string of the molecule is O=C(c1ccc(Cl)cc1)N1CCC2(CCCCc3ccccc3OCCN(C(=O)c3cnccn3)C2)CC1. The first kappa shape index (κ1) is 26.2. The van der Waals surface area contributed by atoms with Crippen LogP contribution in [0.2, 0.25) is 5.02 Å². The molecule has 0 radical (unpaired) electrons. The van der Waals surface area contributed by atoms with Crippen LogP contribution in [0.4, 0.5) is 0 Å². The van der Waals surface area contributed by atoms with Gasteiger partial charge >= 0.3 is 0 Å². The lowest BCUT2D eigenvalue weighted by molar-refractivity contribution is 0.0325. The number of carbonyl (C=O) groups is 2. The van der Waals surface area contributed by atoms with E-state index in [1.807, 2.05) is 28.0 Å². The number of likely N-dealkylation sites (tertiary alicyclic amines) is 1. The Bertz CT molecular complexity index is 1240. The Morgan fingerprint density at radius 3 is 2.42 bits per heavy atom. The highest BCUT2D eigenvalue weighted by molar-refractivity contribution is 6.30. The molecular weight excluding hydrogens is 500 g/mol. The average Bonchev–Trinajstić information content (AvgIpc) is 2.95. The molecule has 0 aliphatic carbocycles. The van der Waals surface area contributed by atoms with Gasteiger partial charge in [0.25, 0.3) is 11.8 Å². The molecule has 1 aromatic heterocycles. The summed E-state index contributed by atoms with van der Waals surface area (Å²) in [7, 11) is 0. The zero-order valence-corrected chi connectivity index (χ0v) is 22.3. The number of rotatable bonds is 2. The Hall–Kier alpha value is -3.45. The molecule has 7 nitrogen and oxygen atoms in total. The van der Waals surface area contributed by atoms with E-state index < -0.39 is 0 Å². The van der Waals surface area contributed by atoms with Crippen LogP contribution in [-0.4, -0.2) is 64.4 Å². The Morgan fingerprint density at radius 1 is 0.868 bits per heavy atom. The summed E-state index contributed by atoms with van der Waals surface area (Å²) in [5, 5.41) is 0.617. The fourth-order valence-electron chi connectivity index (χ4n) is 5.61. The normalized spacial score (nSPS) is 18.0. The molecule has 0 N–H and O–H groups in total. The highest BCUT2D eigenvalue weighted by Crippen LogP contribution is 2.39. The summed E-state index contributed by atoms with van der Waals surface area (Å²) in [5.41, 5.74) is 2.12. The number of amides is 2. The van der Waals surface area contributed by atoms with Gasteiger partial charge in [0.2, 0.25) is 0 Å². The second-order valence-corrected chi connectivity index (χ2v) is 10.7. The van der Waals surface area contributed by atoms with Crippen LogP contribution in [0, 0.1) is 5.41 Å². The first-order valence-corrected chi connectivity index (χ1v) is 13.7. The molecule has 1 spiro atoms. The third-order valence-corrected chi connectivity index (χ3v) is 8.04. The summed E-state index contributed by atoms with van der Waals surface area (Å²) in [6.45, 7) is 2.79. The molecule has 2 amide bonds. The van der Waals surface area contributed by atoms with Gasteiger partial charge in [-0.3, -0.25) is 14.6 Å². The minimum atomic E-state index is -0.133. The number of aromatic nitrogens is 2. The lowest BCUT2D eigenvalue weighted by Crippen LogP contribution is -2.50. The van der Waals surface area contributed by atoms with Gasteiger partial charge in [0.1, 0.15) is 18.1 Å². The predicted octanol–water partition coefficient (Wildman–Crippen LogP) is 5.30. The van der Waals surface area contributed by atoms with Crippen LogP contribution in [0.1, 0.15) is 58.5 Å². The highest BCUT2D eigenvalue weighted by Gasteiger charge is 2.38. The number of carbonyl (C=O) groups excluding carboxylic acids is 2. The quantitative estimate of drug-likeness (QED) is 0.447. The number of para-hydroxylation sites is 1. The van der Waals surface area contributed by atoms with Crippen LogP contribution in [0.3, 0.4) is 0 Å². The van der Waals surface area contributed by atoms with E-state index in [-0.39, 0.29) is 17.2 Å². The van der Waals surface area contributed by atoms with Crippen molar-refractivity contribution in [2.75, 3.05) is 32.8 Å². The minimum absolute atomic E-state index is 0.0298. The van der Waals surface area contributed by atoms with Gasteiger partial charge in [-0.2, -0.15) is 0 Å². The Labute approximate surface area is 228 Å². The van der Waals surface area contributed by atoms with Gasteiger partial charge in [0, 0.05) is 42.6 Å². The largest absolute Gasteiger partial charge is 0.491 e. The lowest BCUT2D eigenvalue weighted by Gasteiger charge is -2.45. The van der Waals surface area contributed by atoms with E-state index in [2.05, 4.69) is 16.0 Å². The molecule has 1 fully saturated rings. The summed E-state index contributed by atoms with van der Waals surface area (Å²) in [5.74, 6) is 0.789. The highest BCUT2D eigenvalue weighted by atomic mass is 35.5. The summed E-state index contributed by atoms with van der Waals surface area (Å²) in [6, 6.07) is 15.2. The van der Waals surface area contributed by atoms with Gasteiger partial charge in [0.05, 0.1) is 12.7 Å². The smallest absolute Gasteiger partial charge is 0.274 e. The van der Waals surface area contributed by atoms with E-state index in [1.54, 1.807) is 36.7 Å². The Balaban J connectivity index is 1.35. The number of piperidine rings is 1. The van der Waals surface area contributed by atoms with Crippen molar-refractivity contribution in [1.82, 2.24) is 19.8 Å². The molecule has 0 saturated carbocycles. The first-order chi connectivity index (χ1) is 18.5. The van der Waals surface area contributed by atoms with Gasteiger partial charge in [-0.1, -0.05) is 36.2 Å². The maximum atomic E-state index is 13.6. The standard InChI is InChI=1S/C30H33ClN4O3/c31-25-10-8-24(9-11-25)28(36)34-17-13-30(14-18-34)12-4-3-6-23-5-1-2-7-27(23)38-20-19-35(22-30)29(37)26-21-32-15-16-33-26/h1-2,5,7-11,15-16,21H,3-4,6,12-14,17-20,22H2. The van der Waals surface area contributed by atoms with E-state index in [4.69, 9.17) is 16.3 Å². The van der Waals surface area contributed by atoms with Crippen molar-refractivity contribution in [3.05, 3.63) is 89.0 Å². The molecule has 2 aliphatic heterocycles. The number of ether oxygens (including phenoxy) is 1. The third kappa shape index (κ3) is 6.16. The molecule has 2 aliphatic rings. The molecule has 3 heterocycles. The number of nitrogens with zero attached hydrogens (tertiary/aromatic N) is 4. The van der Waals surface area contributed by atoms with E-state index in [0.29, 0.717) is 49.1 Å². The van der Waals surface area contributed by atoms with Crippen molar-refractivity contribution in [3.63, 3.8) is 0 Å². The monoisotopic (exact) mass is 532 g/mol. The number of aryl methyl sites for hydroxylation is 1. The second kappa shape index (κ2) is 11.9. The maximum Gasteiger partial charge on any atom is 0.274 e. The van der Waals surface area contributed by atoms with E-state index >= 15 is 0 Å². The predicted molar refractivity (Wildman–Crippen MR) is 146 cm³/mol. The van der Waals surface area contributed by atoms with Crippen LogP contribution in [0.25, 0.3) is 0 Å². The molecular formula is C30H33ClN4O3. The third-order valence-electron chi connectivity index (χ3n) is 7.79. The van der Waals surface area contributed by atoms with Crippen LogP contribution in [0.5, 0.6) is 5.75 Å². The first-order valence-electron chi connectivity index (χ1n) is 13.3. The van der Waals surface area contributed by atoms with Crippen LogP contribution >= 0.6 is 11.6 Å². The van der Waals surface area contributed by atoms with Crippen molar-refractivity contribution < 1.29 is 14.3 Å². The average molecular weight is 533 g/mol. The molecule has 38 heavy (non-hydrogen) atoms. The molecule has 8 heteroatoms. The van der Waals surface area contributed by atoms with Crippen LogP contribution in [-0.2, 0) is 6.42 Å². The van der Waals surface area contributed by atoms with Gasteiger partial charge in [-0.15, -0.1) is 0 Å². The fourth-order valence-corrected chi connectivity index (χ4v) is 5.73. The fraction of sp³-hybridized carbons (Fsp3) is 0.400. The minimum Gasteiger partial charge on any atom is -0.491 e. The van der Waals surface area contributed by atoms with E-state index in [9.17, 15) is 9.59 Å². The molecule has 5 rings (SSSR count). The van der Waals surface area contributed by atoms with Gasteiger partial charge in [0.15, 0.2) is 0 Å². The molecule has 198 valence electrons. The summed E-state index contributed by atoms with van der Waals surface area (Å²) in [6.07, 6.45) is 10.4. The summed E-state index contributed by atoms with van der Waals surface area (Å²) < 4.78 is 6.17. The van der Waals surface area contributed by atoms with E-state index in [0.717, 1.165) is 44.3 Å². The molecule has 2 aromatic carbocycles. The van der Waals surface area contributed by atoms with Gasteiger partial charge in [-0.25, -0.2) is 4.98 Å². The lowest BCUT2D eigenvalue weighted by atomic mass is 9.73. The number of hydrogen-bond acceptors (Lipinski definition) is 5. The van der Waals surface area contributed by atoms with Crippen molar-refractivity contribution >= 4 is 23.4 Å². The van der Waals surface area contributed by atoms with Crippen molar-refractivity contribution in [2.45, 2.75) is 38.5 Å². The second-order valence-electron chi connectivity index (χ2n) is 10.3. The molecule has 0 bridgehead atoms. The van der Waals surface area contributed by atoms with Crippen molar-refractivity contribution in [3.8, 4) is 5.75 Å². The molecule has 0 atom stereocenters. The number of hydrogen-bond donors (Lipinski definition) is 0. The molecule has 1 saturated heterocycles. The zero-order valence-electron chi connectivity index (χ0n) is 21.5. The molecule has 0 unspecified atom stereocenters. The van der Waals surface area contributed by atoms with Crippen molar-refractivity contribution in [1.29, 1.82) is 0 Å². The van der Waals surface area contributed by atoms with Crippen molar-refractivity contribution in [2.24, 2.45) is 5.41 Å². The van der Waals surface area contributed by atoms with Crippen LogP contribution in [0.15, 0.2) is 67.1 Å². The zero-order chi connectivity index (χ0) is 26.4. The van der Waals surface area contributed by atoms with Crippen LogP contribution < -0.4 is 4.74 Å². The Morgan fingerprint density at radius 2 is 1.66 bits per heavy atom. The van der Waals surface area contributed by atoms with Gasteiger partial charge < -0.3 is 14.5 Å². The molecule has 3 aromatic rings. The maximum absolute atomic E-state index is 13.6. The number of fused-ring (bicyclic) bond motifs is 1. The van der Waals surface area contributed by atoms with Gasteiger partial charge in [-0.05, 0) is 73.4 Å². The summed E-state index contributed by atoms with van der Waals surface area (Å²) >= 11 is 6.01. The summed E-state index contributed by atoms with van der Waals surface area (Å²) in [4.78, 5) is 38.9. The Kier molecular flexibility index (Phi) is 8.23. The number of benzene rings is 2. The van der Waals surface area contributed by atoms with E-state index in [1.165, 1.54) is 11.8 Å².